The molecule has 2 rings (SSSR count). The highest BCUT2D eigenvalue weighted by Crippen LogP contribution is 2.12. The molecule has 1 aromatic heterocycles. The second-order valence-electron chi connectivity index (χ2n) is 7.91. The molecule has 0 aliphatic heterocycles. The third kappa shape index (κ3) is 6.97. The summed E-state index contributed by atoms with van der Waals surface area (Å²) in [5, 5.41) is 2.74. The number of pyridine rings is 1. The predicted octanol–water partition coefficient (Wildman–Crippen LogP) is 4.77. The summed E-state index contributed by atoms with van der Waals surface area (Å²) in [6.07, 6.45) is 5.42. The lowest BCUT2D eigenvalue weighted by molar-refractivity contribution is -0.120. The van der Waals surface area contributed by atoms with Crippen molar-refractivity contribution in [1.29, 1.82) is 0 Å². The Kier molecular flexibility index (Phi) is 9.52. The number of benzene rings is 1. The van der Waals surface area contributed by atoms with Crippen LogP contribution in [0.5, 0.6) is 0 Å². The first kappa shape index (κ1) is 23.6. The number of Topliss-reactive ketones (excluding diaryl/α,β-unsaturated/α-hetero) is 1. The van der Waals surface area contributed by atoms with E-state index in [1.54, 1.807) is 10.6 Å². The molecule has 1 heterocycles. The highest BCUT2D eigenvalue weighted by atomic mass is 16.2. The summed E-state index contributed by atoms with van der Waals surface area (Å²) in [4.78, 5) is 37.9. The summed E-state index contributed by atoms with van der Waals surface area (Å²) < 4.78 is 1.55. The smallest absolute Gasteiger partial charge is 0.274 e. The van der Waals surface area contributed by atoms with Crippen molar-refractivity contribution in [3.8, 4) is 0 Å². The van der Waals surface area contributed by atoms with E-state index in [-0.39, 0.29) is 35.4 Å². The largest absolute Gasteiger partial charge is 0.321 e. The van der Waals surface area contributed by atoms with Crippen LogP contribution in [-0.4, -0.2) is 16.3 Å². The van der Waals surface area contributed by atoms with Gasteiger partial charge in [0.05, 0.1) is 6.54 Å². The van der Waals surface area contributed by atoms with Crippen molar-refractivity contribution in [3.05, 3.63) is 64.1 Å². The normalized spacial score (nSPS) is 11.8. The van der Waals surface area contributed by atoms with E-state index in [0.29, 0.717) is 12.8 Å². The minimum Gasteiger partial charge on any atom is -0.321 e. The van der Waals surface area contributed by atoms with Crippen LogP contribution in [0.4, 0.5) is 5.69 Å². The van der Waals surface area contributed by atoms with Gasteiger partial charge in [-0.3, -0.25) is 14.4 Å². The molecule has 0 saturated heterocycles. The SMILES string of the molecule is CCCCc1ccc(NC(=O)[C@H](C)CC)c(=O)n1CC(=O)CCCc1ccccc1. The van der Waals surface area contributed by atoms with Crippen molar-refractivity contribution in [3.63, 3.8) is 0 Å². The van der Waals surface area contributed by atoms with E-state index in [2.05, 4.69) is 24.4 Å². The second-order valence-corrected chi connectivity index (χ2v) is 7.91. The lowest BCUT2D eigenvalue weighted by atomic mass is 10.1. The van der Waals surface area contributed by atoms with Crippen molar-refractivity contribution < 1.29 is 9.59 Å². The van der Waals surface area contributed by atoms with Gasteiger partial charge in [-0.05, 0) is 49.8 Å². The molecular formula is C25H34N2O3. The number of amides is 1. The molecule has 2 aromatic rings. The number of hydrogen-bond donors (Lipinski definition) is 1. The zero-order valence-electron chi connectivity index (χ0n) is 18.4. The Labute approximate surface area is 179 Å². The zero-order valence-corrected chi connectivity index (χ0v) is 18.4. The average Bonchev–Trinajstić information content (AvgIpc) is 2.75. The highest BCUT2D eigenvalue weighted by Gasteiger charge is 2.16. The van der Waals surface area contributed by atoms with Gasteiger partial charge in [-0.25, -0.2) is 0 Å². The number of aromatic nitrogens is 1. The molecule has 0 radical (unpaired) electrons. The van der Waals surface area contributed by atoms with E-state index in [9.17, 15) is 14.4 Å². The van der Waals surface area contributed by atoms with Gasteiger partial charge in [0.15, 0.2) is 5.78 Å². The first-order chi connectivity index (χ1) is 14.5. The van der Waals surface area contributed by atoms with Crippen LogP contribution in [0.2, 0.25) is 0 Å². The molecule has 0 aliphatic rings. The quantitative estimate of drug-likeness (QED) is 0.548. The van der Waals surface area contributed by atoms with Crippen molar-refractivity contribution >= 4 is 17.4 Å². The van der Waals surface area contributed by atoms with E-state index < -0.39 is 0 Å². The lowest BCUT2D eigenvalue weighted by Crippen LogP contribution is -2.31. The van der Waals surface area contributed by atoms with Crippen LogP contribution in [0.1, 0.15) is 64.1 Å². The molecule has 0 unspecified atom stereocenters. The summed E-state index contributed by atoms with van der Waals surface area (Å²) in [6.45, 7) is 5.92. The van der Waals surface area contributed by atoms with Crippen LogP contribution in [0.3, 0.4) is 0 Å². The third-order valence-corrected chi connectivity index (χ3v) is 5.47. The number of carbonyl (C=O) groups excluding carboxylic acids is 2. The van der Waals surface area contributed by atoms with Crippen LogP contribution >= 0.6 is 0 Å². The second kappa shape index (κ2) is 12.1. The van der Waals surface area contributed by atoms with E-state index >= 15 is 0 Å². The maximum absolute atomic E-state index is 13.0. The monoisotopic (exact) mass is 410 g/mol. The van der Waals surface area contributed by atoms with Gasteiger partial charge in [0.1, 0.15) is 5.69 Å². The number of carbonyl (C=O) groups is 2. The van der Waals surface area contributed by atoms with Crippen LogP contribution in [0.25, 0.3) is 0 Å². The number of ketones is 1. The number of nitrogens with zero attached hydrogens (tertiary/aromatic N) is 1. The Balaban J connectivity index is 2.11. The molecule has 0 fully saturated rings. The van der Waals surface area contributed by atoms with Gasteiger partial charge in [0.25, 0.3) is 5.56 Å². The fourth-order valence-corrected chi connectivity index (χ4v) is 3.29. The molecule has 1 amide bonds. The first-order valence-electron chi connectivity index (χ1n) is 11.0. The van der Waals surface area contributed by atoms with Crippen LogP contribution in [0.15, 0.2) is 47.3 Å². The molecule has 0 aliphatic carbocycles. The number of rotatable bonds is 12. The number of anilines is 1. The van der Waals surface area contributed by atoms with Gasteiger partial charge in [0, 0.05) is 18.0 Å². The molecule has 162 valence electrons. The molecular weight excluding hydrogens is 376 g/mol. The zero-order chi connectivity index (χ0) is 21.9. The number of unbranched alkanes of at least 4 members (excludes halogenated alkanes) is 1. The number of nitrogens with one attached hydrogen (secondary N) is 1. The molecule has 1 N–H and O–H groups in total. The van der Waals surface area contributed by atoms with Gasteiger partial charge < -0.3 is 9.88 Å². The molecule has 1 atom stereocenters. The maximum atomic E-state index is 13.0. The summed E-state index contributed by atoms with van der Waals surface area (Å²) in [7, 11) is 0. The summed E-state index contributed by atoms with van der Waals surface area (Å²) in [5.74, 6) is -0.301. The number of hydrogen-bond acceptors (Lipinski definition) is 3. The van der Waals surface area contributed by atoms with Crippen molar-refractivity contribution in [2.45, 2.75) is 72.3 Å². The first-order valence-corrected chi connectivity index (χ1v) is 11.0. The van der Waals surface area contributed by atoms with E-state index in [4.69, 9.17) is 0 Å². The molecule has 5 nitrogen and oxygen atoms in total. The molecule has 0 saturated carbocycles. The predicted molar refractivity (Wildman–Crippen MR) is 122 cm³/mol. The summed E-state index contributed by atoms with van der Waals surface area (Å²) in [6, 6.07) is 13.6. The average molecular weight is 411 g/mol. The Morgan fingerprint density at radius 1 is 1.00 bits per heavy atom. The molecule has 1 aromatic carbocycles. The van der Waals surface area contributed by atoms with E-state index in [0.717, 1.165) is 37.8 Å². The fourth-order valence-electron chi connectivity index (χ4n) is 3.29. The number of aryl methyl sites for hydroxylation is 2. The maximum Gasteiger partial charge on any atom is 0.274 e. The van der Waals surface area contributed by atoms with Crippen molar-refractivity contribution in [1.82, 2.24) is 4.57 Å². The van der Waals surface area contributed by atoms with E-state index in [1.165, 1.54) is 5.56 Å². The summed E-state index contributed by atoms with van der Waals surface area (Å²) in [5.41, 5.74) is 2.01. The molecule has 0 spiro atoms. The van der Waals surface area contributed by atoms with Gasteiger partial charge in [-0.1, -0.05) is 57.5 Å². The molecule has 0 bridgehead atoms. The van der Waals surface area contributed by atoms with Crippen molar-refractivity contribution in [2.24, 2.45) is 5.92 Å². The van der Waals surface area contributed by atoms with Gasteiger partial charge in [-0.2, -0.15) is 0 Å². The van der Waals surface area contributed by atoms with Gasteiger partial charge >= 0.3 is 0 Å². The minimum atomic E-state index is -0.295. The lowest BCUT2D eigenvalue weighted by Gasteiger charge is -2.16. The Bertz CT molecular complexity index is 887. The Morgan fingerprint density at radius 2 is 1.73 bits per heavy atom. The fraction of sp³-hybridized carbons (Fsp3) is 0.480. The Hall–Kier alpha value is -2.69. The summed E-state index contributed by atoms with van der Waals surface area (Å²) >= 11 is 0. The van der Waals surface area contributed by atoms with Crippen LogP contribution in [-0.2, 0) is 29.0 Å². The minimum absolute atomic E-state index is 0.0381. The van der Waals surface area contributed by atoms with Crippen molar-refractivity contribution in [2.75, 3.05) is 5.32 Å². The highest BCUT2D eigenvalue weighted by molar-refractivity contribution is 5.92. The van der Waals surface area contributed by atoms with Gasteiger partial charge in [-0.15, -0.1) is 0 Å². The van der Waals surface area contributed by atoms with Crippen LogP contribution < -0.4 is 10.9 Å². The van der Waals surface area contributed by atoms with E-state index in [1.807, 2.05) is 38.1 Å². The Morgan fingerprint density at radius 3 is 2.40 bits per heavy atom. The molecule has 5 heteroatoms. The van der Waals surface area contributed by atoms with Crippen LogP contribution in [0, 0.1) is 5.92 Å². The standard InChI is InChI=1S/C25H34N2O3/c1-4-6-14-21-16-17-23(26-24(29)19(3)5-2)25(30)27(21)18-22(28)15-10-13-20-11-8-7-9-12-20/h7-9,11-12,16-17,19H,4-6,10,13-15,18H2,1-3H3,(H,26,29)/t19-/m1/s1. The molecule has 30 heavy (non-hydrogen) atoms. The van der Waals surface area contributed by atoms with Gasteiger partial charge in [0.2, 0.25) is 5.91 Å². The third-order valence-electron chi connectivity index (χ3n) is 5.47. The topological polar surface area (TPSA) is 68.2 Å².